The minimum atomic E-state index is 1.25. The monoisotopic (exact) mass is 514 g/mol. The molecule has 0 atom stereocenters. The van der Waals surface area contributed by atoms with Gasteiger partial charge in [0.15, 0.2) is 0 Å². The van der Waals surface area contributed by atoms with E-state index in [2.05, 4.69) is 146 Å². The van der Waals surface area contributed by atoms with Gasteiger partial charge in [0, 0.05) is 47.3 Å². The normalized spacial score (nSPS) is 12.0. The molecular formula is C38H30N2. The van der Waals surface area contributed by atoms with Gasteiger partial charge in [-0.2, -0.15) is 0 Å². The largest absolute Gasteiger partial charge is 0.344 e. The van der Waals surface area contributed by atoms with Crippen molar-refractivity contribution >= 4 is 54.1 Å². The van der Waals surface area contributed by atoms with Crippen molar-refractivity contribution in [1.29, 1.82) is 0 Å². The molecular weight excluding hydrogens is 484 g/mol. The molecule has 0 saturated carbocycles. The predicted octanol–water partition coefficient (Wildman–Crippen LogP) is 10.1. The smallest absolute Gasteiger partial charge is 0.0489 e. The molecule has 0 bridgehead atoms. The van der Waals surface area contributed by atoms with E-state index in [9.17, 15) is 0 Å². The summed E-state index contributed by atoms with van der Waals surface area (Å²) in [5.74, 6) is 0. The molecule has 6 aromatic carbocycles. The van der Waals surface area contributed by atoms with Crippen LogP contribution in [0.4, 0.5) is 0 Å². The fraction of sp³-hybridized carbons (Fsp3) is 0.105. The fourth-order valence-corrected chi connectivity index (χ4v) is 6.54. The Bertz CT molecular complexity index is 2110. The highest BCUT2D eigenvalue weighted by Crippen LogP contribution is 2.38. The molecule has 0 aliphatic carbocycles. The number of nitrogens with zero attached hydrogens (tertiary/aromatic N) is 2. The second-order valence-electron chi connectivity index (χ2n) is 11.4. The summed E-state index contributed by atoms with van der Waals surface area (Å²) in [5.41, 5.74) is 10.1. The van der Waals surface area contributed by atoms with Crippen molar-refractivity contribution in [2.45, 2.75) is 13.8 Å². The van der Waals surface area contributed by atoms with Gasteiger partial charge < -0.3 is 9.13 Å². The summed E-state index contributed by atoms with van der Waals surface area (Å²) in [4.78, 5) is 0. The van der Waals surface area contributed by atoms with Gasteiger partial charge in [0.2, 0.25) is 0 Å². The number of aryl methyl sites for hydroxylation is 4. The Kier molecular flexibility index (Phi) is 4.82. The van der Waals surface area contributed by atoms with Crippen molar-refractivity contribution in [1.82, 2.24) is 9.13 Å². The molecule has 2 heteroatoms. The highest BCUT2D eigenvalue weighted by atomic mass is 14.9. The SMILES string of the molecule is Cc1ccc(-c2cc3cc4c(ccc5c6cc7cc(-c8ccc(C)cc8)n(C)c7cc6ccc45)cc3n2C)cc1. The van der Waals surface area contributed by atoms with Gasteiger partial charge in [-0.25, -0.2) is 0 Å². The Labute approximate surface area is 233 Å². The van der Waals surface area contributed by atoms with E-state index in [4.69, 9.17) is 0 Å². The zero-order chi connectivity index (χ0) is 27.1. The van der Waals surface area contributed by atoms with Crippen molar-refractivity contribution in [3.05, 3.63) is 120 Å². The maximum absolute atomic E-state index is 2.38. The summed E-state index contributed by atoms with van der Waals surface area (Å²) in [5, 5.41) is 10.3. The zero-order valence-corrected chi connectivity index (χ0v) is 23.3. The molecule has 0 unspecified atom stereocenters. The lowest BCUT2D eigenvalue weighted by molar-refractivity contribution is 0.979. The third kappa shape index (κ3) is 3.36. The Morgan fingerprint density at radius 2 is 0.775 bits per heavy atom. The van der Waals surface area contributed by atoms with Crippen LogP contribution >= 0.6 is 0 Å². The van der Waals surface area contributed by atoms with E-state index in [-0.39, 0.29) is 0 Å². The van der Waals surface area contributed by atoms with Crippen LogP contribution in [0, 0.1) is 13.8 Å². The third-order valence-electron chi connectivity index (χ3n) is 8.85. The predicted molar refractivity (Wildman–Crippen MR) is 172 cm³/mol. The molecule has 0 radical (unpaired) electrons. The Morgan fingerprint density at radius 3 is 1.18 bits per heavy atom. The van der Waals surface area contributed by atoms with Crippen LogP contribution < -0.4 is 0 Å². The quantitative estimate of drug-likeness (QED) is 0.203. The van der Waals surface area contributed by atoms with Gasteiger partial charge in [-0.3, -0.25) is 0 Å². The number of hydrogen-bond donors (Lipinski definition) is 0. The molecule has 8 aromatic rings. The van der Waals surface area contributed by atoms with Gasteiger partial charge in [0.1, 0.15) is 0 Å². The topological polar surface area (TPSA) is 9.86 Å². The number of fused-ring (bicyclic) bond motifs is 7. The molecule has 40 heavy (non-hydrogen) atoms. The van der Waals surface area contributed by atoms with Crippen molar-refractivity contribution in [3.8, 4) is 22.5 Å². The highest BCUT2D eigenvalue weighted by Gasteiger charge is 2.14. The molecule has 2 nitrogen and oxygen atoms in total. The lowest BCUT2D eigenvalue weighted by Gasteiger charge is -2.10. The molecule has 0 saturated heterocycles. The maximum atomic E-state index is 2.38. The Morgan fingerprint density at radius 1 is 0.375 bits per heavy atom. The summed E-state index contributed by atoms with van der Waals surface area (Å²) in [7, 11) is 4.35. The fourth-order valence-electron chi connectivity index (χ4n) is 6.54. The molecule has 2 aromatic heterocycles. The molecule has 0 amide bonds. The van der Waals surface area contributed by atoms with E-state index in [0.29, 0.717) is 0 Å². The van der Waals surface area contributed by atoms with E-state index in [0.717, 1.165) is 0 Å². The van der Waals surface area contributed by atoms with E-state index < -0.39 is 0 Å². The molecule has 192 valence electrons. The molecule has 0 aliphatic rings. The first kappa shape index (κ1) is 23.1. The van der Waals surface area contributed by atoms with Gasteiger partial charge in [-0.1, -0.05) is 83.9 Å². The van der Waals surface area contributed by atoms with Crippen LogP contribution in [0.15, 0.2) is 109 Å². The number of aromatic nitrogens is 2. The Balaban J connectivity index is 1.34. The van der Waals surface area contributed by atoms with Gasteiger partial charge >= 0.3 is 0 Å². The summed E-state index contributed by atoms with van der Waals surface area (Å²) in [6, 6.07) is 41.0. The first-order chi connectivity index (χ1) is 19.4. The number of rotatable bonds is 2. The second kappa shape index (κ2) is 8.34. The highest BCUT2D eigenvalue weighted by molar-refractivity contribution is 6.21. The average Bonchev–Trinajstić information content (AvgIpc) is 3.47. The second-order valence-corrected chi connectivity index (χ2v) is 11.4. The summed E-state index contributed by atoms with van der Waals surface area (Å²) in [6.45, 7) is 4.27. The zero-order valence-electron chi connectivity index (χ0n) is 23.3. The minimum Gasteiger partial charge on any atom is -0.344 e. The first-order valence-electron chi connectivity index (χ1n) is 14.0. The van der Waals surface area contributed by atoms with Crippen molar-refractivity contribution < 1.29 is 0 Å². The van der Waals surface area contributed by atoms with Crippen molar-refractivity contribution in [2.24, 2.45) is 14.1 Å². The minimum absolute atomic E-state index is 1.25. The standard InChI is InChI=1S/C38H30N2/c1-23-5-9-25(10-6-23)35-21-29-17-33-27(19-37(29)39(35)3)13-15-32-31(33)16-14-28-20-38-30(18-34(28)32)22-36(40(38)4)26-11-7-24(2)8-12-26/h5-22H,1-4H3. The van der Waals surface area contributed by atoms with Gasteiger partial charge in [-0.05, 0) is 93.7 Å². The van der Waals surface area contributed by atoms with Gasteiger partial charge in [0.05, 0.1) is 0 Å². The summed E-state index contributed by atoms with van der Waals surface area (Å²) < 4.78 is 4.64. The van der Waals surface area contributed by atoms with Crippen molar-refractivity contribution in [3.63, 3.8) is 0 Å². The Hall–Kier alpha value is -4.82. The van der Waals surface area contributed by atoms with Crippen LogP contribution in [-0.4, -0.2) is 9.13 Å². The molecule has 0 fully saturated rings. The summed E-state index contributed by atoms with van der Waals surface area (Å²) >= 11 is 0. The lowest BCUT2D eigenvalue weighted by Crippen LogP contribution is -1.91. The van der Waals surface area contributed by atoms with Crippen LogP contribution in [0.2, 0.25) is 0 Å². The van der Waals surface area contributed by atoms with Crippen LogP contribution in [0.1, 0.15) is 11.1 Å². The van der Waals surface area contributed by atoms with Crippen LogP contribution in [-0.2, 0) is 14.1 Å². The maximum Gasteiger partial charge on any atom is 0.0489 e. The molecule has 0 aliphatic heterocycles. The average molecular weight is 515 g/mol. The van der Waals surface area contributed by atoms with Gasteiger partial charge in [-0.15, -0.1) is 0 Å². The van der Waals surface area contributed by atoms with Crippen LogP contribution in [0.25, 0.3) is 76.6 Å². The first-order valence-corrected chi connectivity index (χ1v) is 14.0. The van der Waals surface area contributed by atoms with Crippen molar-refractivity contribution in [2.75, 3.05) is 0 Å². The van der Waals surface area contributed by atoms with Crippen LogP contribution in [0.5, 0.6) is 0 Å². The summed E-state index contributed by atoms with van der Waals surface area (Å²) in [6.07, 6.45) is 0. The third-order valence-corrected chi connectivity index (χ3v) is 8.85. The van der Waals surface area contributed by atoms with Crippen LogP contribution in [0.3, 0.4) is 0 Å². The molecule has 8 rings (SSSR count). The number of hydrogen-bond acceptors (Lipinski definition) is 0. The molecule has 2 heterocycles. The lowest BCUT2D eigenvalue weighted by atomic mass is 9.95. The number of benzene rings is 6. The molecule has 0 N–H and O–H groups in total. The van der Waals surface area contributed by atoms with E-state index in [1.165, 1.54) is 87.8 Å². The van der Waals surface area contributed by atoms with E-state index in [1.807, 2.05) is 0 Å². The van der Waals surface area contributed by atoms with E-state index in [1.54, 1.807) is 0 Å². The van der Waals surface area contributed by atoms with E-state index >= 15 is 0 Å². The molecule has 0 spiro atoms. The van der Waals surface area contributed by atoms with Gasteiger partial charge in [0.25, 0.3) is 0 Å².